The number of aliphatic hydroxyl groups is 5. The van der Waals surface area contributed by atoms with Gasteiger partial charge in [-0.3, -0.25) is 4.79 Å². The predicted molar refractivity (Wildman–Crippen MR) is 60.2 cm³/mol. The van der Waals surface area contributed by atoms with Gasteiger partial charge < -0.3 is 25.5 Å². The van der Waals surface area contributed by atoms with Gasteiger partial charge in [-0.2, -0.15) is 0 Å². The minimum absolute atomic E-state index is 0.428. The molecule has 1 unspecified atom stereocenters. The molecule has 0 aliphatic rings. The summed E-state index contributed by atoms with van der Waals surface area (Å²) in [6, 6.07) is 0. The van der Waals surface area contributed by atoms with Gasteiger partial charge in [0.25, 0.3) is 0 Å². The number of carbonyl (C=O) groups is 1. The maximum absolute atomic E-state index is 11.6. The molecule has 102 valence electrons. The summed E-state index contributed by atoms with van der Waals surface area (Å²) < 4.78 is 0. The number of rotatable bonds is 8. The van der Waals surface area contributed by atoms with Crippen molar-refractivity contribution in [2.24, 2.45) is 5.92 Å². The Labute approximate surface area is 101 Å². The van der Waals surface area contributed by atoms with Crippen molar-refractivity contribution in [2.45, 2.75) is 51.1 Å². The number of Topliss-reactive ketones (excluding diaryl/α,β-unsaturated/α-hetero) is 1. The van der Waals surface area contributed by atoms with E-state index in [0.29, 0.717) is 6.42 Å². The molecule has 5 atom stereocenters. The van der Waals surface area contributed by atoms with E-state index in [9.17, 15) is 20.1 Å². The van der Waals surface area contributed by atoms with E-state index < -0.39 is 42.7 Å². The van der Waals surface area contributed by atoms with Crippen molar-refractivity contribution in [1.82, 2.24) is 0 Å². The van der Waals surface area contributed by atoms with Gasteiger partial charge in [0.15, 0.2) is 5.78 Å². The third kappa shape index (κ3) is 4.69. The van der Waals surface area contributed by atoms with Gasteiger partial charge in [-0.05, 0) is 6.42 Å². The zero-order valence-electron chi connectivity index (χ0n) is 10.2. The van der Waals surface area contributed by atoms with Crippen molar-refractivity contribution >= 4 is 5.78 Å². The summed E-state index contributed by atoms with van der Waals surface area (Å²) in [4.78, 5) is 11.6. The summed E-state index contributed by atoms with van der Waals surface area (Å²) in [5.74, 6) is -1.01. The van der Waals surface area contributed by atoms with Crippen LogP contribution in [0.15, 0.2) is 0 Å². The minimum atomic E-state index is -1.80. The van der Waals surface area contributed by atoms with Crippen LogP contribution in [-0.2, 0) is 4.79 Å². The second-order valence-corrected chi connectivity index (χ2v) is 4.27. The monoisotopic (exact) mass is 250 g/mol. The Morgan fingerprint density at radius 2 is 1.65 bits per heavy atom. The topological polar surface area (TPSA) is 118 Å². The molecule has 0 fully saturated rings. The lowest BCUT2D eigenvalue weighted by Gasteiger charge is -2.26. The van der Waals surface area contributed by atoms with Gasteiger partial charge in [-0.1, -0.05) is 20.3 Å². The number of carbonyl (C=O) groups excluding carboxylic acids is 1. The van der Waals surface area contributed by atoms with Gasteiger partial charge in [0.1, 0.15) is 24.4 Å². The molecule has 0 bridgehead atoms. The number of hydrogen-bond acceptors (Lipinski definition) is 6. The molecule has 0 aliphatic heterocycles. The molecule has 0 aromatic heterocycles. The minimum Gasteiger partial charge on any atom is -0.394 e. The molecule has 0 spiro atoms. The van der Waals surface area contributed by atoms with Crippen LogP contribution < -0.4 is 0 Å². The molecular weight excluding hydrogens is 228 g/mol. The largest absolute Gasteiger partial charge is 0.394 e. The lowest BCUT2D eigenvalue weighted by Crippen LogP contribution is -2.49. The Bertz CT molecular complexity index is 232. The standard InChI is InChI=1S/C11H22O6/c1-3-4-6(2)8(14)10(16)11(17)9(15)7(13)5-12/h6-7,9-13,15-17H,3-5H2,1-2H3/t6?,7-,9-,10+,11+/m1/s1. The van der Waals surface area contributed by atoms with E-state index in [-0.39, 0.29) is 0 Å². The lowest BCUT2D eigenvalue weighted by atomic mass is 9.91. The van der Waals surface area contributed by atoms with Crippen LogP contribution in [0.1, 0.15) is 26.7 Å². The van der Waals surface area contributed by atoms with Crippen LogP contribution in [0, 0.1) is 5.92 Å². The Kier molecular flexibility index (Phi) is 7.49. The summed E-state index contributed by atoms with van der Waals surface area (Å²) in [6.45, 7) is 2.75. The Hall–Kier alpha value is -0.530. The van der Waals surface area contributed by atoms with E-state index >= 15 is 0 Å². The molecule has 0 heterocycles. The first-order valence-corrected chi connectivity index (χ1v) is 5.73. The molecule has 0 radical (unpaired) electrons. The molecule has 0 aliphatic carbocycles. The lowest BCUT2D eigenvalue weighted by molar-refractivity contribution is -0.150. The van der Waals surface area contributed by atoms with Crippen LogP contribution in [0.2, 0.25) is 0 Å². The Morgan fingerprint density at radius 1 is 1.12 bits per heavy atom. The number of hydrogen-bond donors (Lipinski definition) is 5. The quantitative estimate of drug-likeness (QED) is 0.355. The van der Waals surface area contributed by atoms with Crippen molar-refractivity contribution in [3.63, 3.8) is 0 Å². The van der Waals surface area contributed by atoms with Crippen molar-refractivity contribution in [2.75, 3.05) is 6.61 Å². The van der Waals surface area contributed by atoms with Crippen molar-refractivity contribution in [3.05, 3.63) is 0 Å². The maximum Gasteiger partial charge on any atom is 0.166 e. The van der Waals surface area contributed by atoms with Crippen molar-refractivity contribution in [3.8, 4) is 0 Å². The maximum atomic E-state index is 11.6. The average Bonchev–Trinajstić information content (AvgIpc) is 2.34. The van der Waals surface area contributed by atoms with E-state index in [1.165, 1.54) is 0 Å². The fraction of sp³-hybridized carbons (Fsp3) is 0.909. The first-order chi connectivity index (χ1) is 7.86. The third-order valence-corrected chi connectivity index (χ3v) is 2.75. The molecule has 0 saturated carbocycles. The van der Waals surface area contributed by atoms with Gasteiger partial charge in [-0.15, -0.1) is 0 Å². The van der Waals surface area contributed by atoms with Crippen molar-refractivity contribution < 1.29 is 30.3 Å². The zero-order chi connectivity index (χ0) is 13.6. The van der Waals surface area contributed by atoms with E-state index in [4.69, 9.17) is 10.2 Å². The molecule has 6 heteroatoms. The molecule has 6 nitrogen and oxygen atoms in total. The first kappa shape index (κ1) is 16.5. The van der Waals surface area contributed by atoms with E-state index in [0.717, 1.165) is 6.42 Å². The fourth-order valence-corrected chi connectivity index (χ4v) is 1.56. The van der Waals surface area contributed by atoms with Gasteiger partial charge in [0.2, 0.25) is 0 Å². The summed E-state index contributed by atoms with van der Waals surface area (Å²) in [5.41, 5.74) is 0. The van der Waals surface area contributed by atoms with Gasteiger partial charge >= 0.3 is 0 Å². The first-order valence-electron chi connectivity index (χ1n) is 5.73. The van der Waals surface area contributed by atoms with E-state index in [1.54, 1.807) is 6.92 Å². The Morgan fingerprint density at radius 3 is 2.06 bits per heavy atom. The SMILES string of the molecule is CCCC(C)C(=O)[C@H](O)[C@@H](O)[C@H](O)[C@H](O)CO. The van der Waals surface area contributed by atoms with Crippen LogP contribution in [0.4, 0.5) is 0 Å². The second-order valence-electron chi connectivity index (χ2n) is 4.27. The average molecular weight is 250 g/mol. The van der Waals surface area contributed by atoms with E-state index in [2.05, 4.69) is 0 Å². The smallest absolute Gasteiger partial charge is 0.166 e. The molecule has 17 heavy (non-hydrogen) atoms. The van der Waals surface area contributed by atoms with Crippen LogP contribution in [0.3, 0.4) is 0 Å². The summed E-state index contributed by atoms with van der Waals surface area (Å²) in [6.07, 6.45) is -5.57. The van der Waals surface area contributed by atoms with Crippen LogP contribution in [0.25, 0.3) is 0 Å². The third-order valence-electron chi connectivity index (χ3n) is 2.75. The van der Waals surface area contributed by atoms with Crippen molar-refractivity contribution in [1.29, 1.82) is 0 Å². The normalized spacial score (nSPS) is 20.4. The summed E-state index contributed by atoms with van der Waals surface area (Å²) in [5, 5.41) is 46.0. The molecule has 0 saturated heterocycles. The number of ketones is 1. The highest BCUT2D eigenvalue weighted by Gasteiger charge is 2.35. The fourth-order valence-electron chi connectivity index (χ4n) is 1.56. The van der Waals surface area contributed by atoms with Crippen LogP contribution in [-0.4, -0.2) is 62.3 Å². The van der Waals surface area contributed by atoms with Crippen LogP contribution >= 0.6 is 0 Å². The van der Waals surface area contributed by atoms with Gasteiger partial charge in [-0.25, -0.2) is 0 Å². The van der Waals surface area contributed by atoms with Crippen LogP contribution in [0.5, 0.6) is 0 Å². The predicted octanol–water partition coefficient (Wildman–Crippen LogP) is -1.57. The summed E-state index contributed by atoms with van der Waals surface area (Å²) >= 11 is 0. The van der Waals surface area contributed by atoms with Gasteiger partial charge in [0.05, 0.1) is 6.61 Å². The highest BCUT2D eigenvalue weighted by molar-refractivity contribution is 5.85. The molecule has 0 aromatic rings. The van der Waals surface area contributed by atoms with Gasteiger partial charge in [0, 0.05) is 5.92 Å². The highest BCUT2D eigenvalue weighted by Crippen LogP contribution is 2.13. The Balaban J connectivity index is 4.47. The van der Waals surface area contributed by atoms with E-state index in [1.807, 2.05) is 6.92 Å². The highest BCUT2D eigenvalue weighted by atomic mass is 16.4. The molecule has 0 amide bonds. The zero-order valence-corrected chi connectivity index (χ0v) is 10.2. The summed E-state index contributed by atoms with van der Waals surface area (Å²) in [7, 11) is 0. The molecule has 0 rings (SSSR count). The number of aliphatic hydroxyl groups excluding tert-OH is 5. The molecular formula is C11H22O6. The second kappa shape index (κ2) is 7.73. The molecule has 5 N–H and O–H groups in total. The molecule has 0 aromatic carbocycles.